The van der Waals surface area contributed by atoms with Gasteiger partial charge in [0.25, 0.3) is 0 Å². The Morgan fingerprint density at radius 1 is 1.21 bits per heavy atom. The van der Waals surface area contributed by atoms with E-state index in [1.807, 2.05) is 0 Å². The van der Waals surface area contributed by atoms with Gasteiger partial charge in [-0.1, -0.05) is 18.3 Å². The molecule has 0 aliphatic carbocycles. The summed E-state index contributed by atoms with van der Waals surface area (Å²) >= 11 is 0. The van der Waals surface area contributed by atoms with Gasteiger partial charge in [0.2, 0.25) is 7.83 Å². The summed E-state index contributed by atoms with van der Waals surface area (Å²) in [5.74, 6) is 0. The van der Waals surface area contributed by atoms with Crippen molar-refractivity contribution in [3.8, 4) is 0 Å². The highest BCUT2D eigenvalue weighted by molar-refractivity contribution is 7.43. The van der Waals surface area contributed by atoms with Gasteiger partial charge in [0.15, 0.2) is 0 Å². The molecule has 1 aliphatic heterocycles. The van der Waals surface area contributed by atoms with Gasteiger partial charge in [-0.25, -0.2) is 0 Å². The van der Waals surface area contributed by atoms with Crippen LogP contribution in [-0.4, -0.2) is 21.0 Å². The summed E-state index contributed by atoms with van der Waals surface area (Å²) in [5, 5.41) is 0. The van der Waals surface area contributed by atoms with Crippen LogP contribution in [0.25, 0.3) is 0 Å². The molecule has 14 heavy (non-hydrogen) atoms. The molecule has 2 atom stereocenters. The third-order valence-electron chi connectivity index (χ3n) is 3.71. The minimum atomic E-state index is -1.71. The first-order valence-corrected chi connectivity index (χ1v) is 11.5. The molecule has 2 unspecified atom stereocenters. The maximum absolute atomic E-state index is 6.33. The molecule has 0 radical (unpaired) electrons. The Hall–Kier alpha value is -0.126. The van der Waals surface area contributed by atoms with Crippen LogP contribution in [0.3, 0.4) is 0 Å². The van der Waals surface area contributed by atoms with Gasteiger partial charge in [0.05, 0.1) is 5.60 Å². The zero-order chi connectivity index (χ0) is 11.0. The smallest absolute Gasteiger partial charge is 0.204 e. The fourth-order valence-corrected chi connectivity index (χ4v) is 12.4. The maximum atomic E-state index is 6.33. The lowest BCUT2D eigenvalue weighted by atomic mass is 10.1. The van der Waals surface area contributed by atoms with E-state index in [1.54, 1.807) is 0 Å². The molecule has 3 heteroatoms. The van der Waals surface area contributed by atoms with E-state index >= 15 is 0 Å². The second-order valence-corrected chi connectivity index (χ2v) is 18.3. The zero-order valence-electron chi connectivity index (χ0n) is 9.89. The lowest BCUT2D eigenvalue weighted by Gasteiger charge is -2.49. The van der Waals surface area contributed by atoms with Crippen LogP contribution in [0.2, 0.25) is 19.1 Å². The fraction of sp³-hybridized carbons (Fsp3) is 0.636. The molecule has 1 fully saturated rings. The molecule has 1 aliphatic rings. The van der Waals surface area contributed by atoms with E-state index in [0.717, 1.165) is 6.42 Å². The van der Waals surface area contributed by atoms with Crippen LogP contribution >= 0.6 is 0 Å². The van der Waals surface area contributed by atoms with Crippen LogP contribution in [0.5, 0.6) is 0 Å². The summed E-state index contributed by atoms with van der Waals surface area (Å²) in [5.41, 5.74) is 4.36. The molecule has 0 saturated carbocycles. The Morgan fingerprint density at radius 3 is 2.21 bits per heavy atom. The molecule has 1 nitrogen and oxygen atoms in total. The van der Waals surface area contributed by atoms with Crippen molar-refractivity contribution in [3.63, 3.8) is 0 Å². The van der Waals surface area contributed by atoms with Crippen LogP contribution < -0.4 is 0 Å². The minimum absolute atomic E-state index is 0.0463. The Kier molecular flexibility index (Phi) is 2.96. The van der Waals surface area contributed by atoms with E-state index < -0.39 is 15.4 Å². The molecule has 0 spiro atoms. The molecule has 1 heterocycles. The molecule has 0 N–H and O–H groups in total. The predicted octanol–water partition coefficient (Wildman–Crippen LogP) is 3.37. The lowest BCUT2D eigenvalue weighted by Crippen LogP contribution is -2.65. The molecule has 0 bridgehead atoms. The Bertz CT molecular complexity index is 262. The van der Waals surface area contributed by atoms with Crippen LogP contribution in [0.15, 0.2) is 24.6 Å². The van der Waals surface area contributed by atoms with Crippen molar-refractivity contribution in [2.75, 3.05) is 0 Å². The second-order valence-electron chi connectivity index (χ2n) is 5.29. The largest absolute Gasteiger partial charge is 0.411 e. The molecular formula is C11H22OSi2. The molecule has 1 saturated heterocycles. The van der Waals surface area contributed by atoms with Crippen LogP contribution in [0, 0.1) is 0 Å². The summed E-state index contributed by atoms with van der Waals surface area (Å²) in [7, 11) is -3.11. The van der Waals surface area contributed by atoms with Crippen molar-refractivity contribution >= 4 is 15.4 Å². The van der Waals surface area contributed by atoms with E-state index in [2.05, 4.69) is 51.5 Å². The van der Waals surface area contributed by atoms with Gasteiger partial charge < -0.3 is 4.43 Å². The average Bonchev–Trinajstić information content (AvgIpc) is 2.12. The van der Waals surface area contributed by atoms with Gasteiger partial charge in [-0.2, -0.15) is 0 Å². The lowest BCUT2D eigenvalue weighted by molar-refractivity contribution is 0.0954. The molecule has 0 amide bonds. The van der Waals surface area contributed by atoms with Gasteiger partial charge in [-0.3, -0.25) is 0 Å². The molecule has 0 aromatic carbocycles. The highest BCUT2D eigenvalue weighted by Gasteiger charge is 2.52. The summed E-state index contributed by atoms with van der Waals surface area (Å²) in [6, 6.07) is 1.30. The first-order valence-electron chi connectivity index (χ1n) is 5.26. The zero-order valence-corrected chi connectivity index (χ0v) is 11.9. The normalized spacial score (nSPS) is 41.7. The van der Waals surface area contributed by atoms with Crippen molar-refractivity contribution < 1.29 is 4.43 Å². The highest BCUT2D eigenvalue weighted by Crippen LogP contribution is 2.39. The van der Waals surface area contributed by atoms with Gasteiger partial charge in [-0.05, 0) is 26.8 Å². The van der Waals surface area contributed by atoms with Crippen molar-refractivity contribution in [1.82, 2.24) is 0 Å². The van der Waals surface area contributed by atoms with E-state index in [0.29, 0.717) is 0 Å². The van der Waals surface area contributed by atoms with Crippen LogP contribution in [-0.2, 0) is 4.43 Å². The van der Waals surface area contributed by atoms with Gasteiger partial charge in [0.1, 0.15) is 7.59 Å². The first-order chi connectivity index (χ1) is 6.29. The average molecular weight is 226 g/mol. The van der Waals surface area contributed by atoms with Gasteiger partial charge in [-0.15, -0.1) is 18.9 Å². The predicted molar refractivity (Wildman–Crippen MR) is 68.2 cm³/mol. The summed E-state index contributed by atoms with van der Waals surface area (Å²) in [6.45, 7) is 17.1. The Morgan fingerprint density at radius 2 is 1.79 bits per heavy atom. The third-order valence-corrected chi connectivity index (χ3v) is 19.0. The van der Waals surface area contributed by atoms with E-state index in [1.165, 1.54) is 6.04 Å². The maximum Gasteiger partial charge on any atom is 0.204 e. The fourth-order valence-electron chi connectivity index (χ4n) is 2.13. The SMILES string of the molecule is C=C[Si]1(C)CCC(C)(C)O[Si]1(C)C=C. The summed E-state index contributed by atoms with van der Waals surface area (Å²) < 4.78 is 6.33. The molecule has 0 aromatic heterocycles. The van der Waals surface area contributed by atoms with E-state index in [4.69, 9.17) is 4.43 Å². The third kappa shape index (κ3) is 1.81. The Labute approximate surface area is 89.8 Å². The topological polar surface area (TPSA) is 9.23 Å². The number of rotatable bonds is 2. The standard InChI is InChI=1S/C11H22OSi2/c1-7-13(5)10-9-11(3,4)12-14(13,6)8-2/h7-8H,1-2,9-10H2,3-6H3. The summed E-state index contributed by atoms with van der Waals surface area (Å²) in [4.78, 5) is 0. The van der Waals surface area contributed by atoms with Gasteiger partial charge >= 0.3 is 0 Å². The Balaban J connectivity index is 3.04. The van der Waals surface area contributed by atoms with E-state index in [9.17, 15) is 0 Å². The first kappa shape index (κ1) is 11.9. The second kappa shape index (κ2) is 3.47. The van der Waals surface area contributed by atoms with Crippen LogP contribution in [0.4, 0.5) is 0 Å². The summed E-state index contributed by atoms with van der Waals surface area (Å²) in [6.07, 6.45) is 1.16. The van der Waals surface area contributed by atoms with Crippen molar-refractivity contribution in [2.45, 2.75) is 45.0 Å². The number of hydrogen-bond donors (Lipinski definition) is 0. The molecule has 1 rings (SSSR count). The van der Waals surface area contributed by atoms with Gasteiger partial charge in [0, 0.05) is 0 Å². The van der Waals surface area contributed by atoms with Crippen LogP contribution in [0.1, 0.15) is 20.3 Å². The molecule has 80 valence electrons. The monoisotopic (exact) mass is 226 g/mol. The van der Waals surface area contributed by atoms with Crippen molar-refractivity contribution in [2.24, 2.45) is 0 Å². The quantitative estimate of drug-likeness (QED) is 0.656. The molecule has 0 aromatic rings. The number of hydrogen-bond acceptors (Lipinski definition) is 1. The van der Waals surface area contributed by atoms with E-state index in [-0.39, 0.29) is 5.60 Å². The molecular weight excluding hydrogens is 204 g/mol. The van der Waals surface area contributed by atoms with Crippen molar-refractivity contribution in [1.29, 1.82) is 0 Å². The highest BCUT2D eigenvalue weighted by atomic mass is 29.3. The minimum Gasteiger partial charge on any atom is -0.411 e. The van der Waals surface area contributed by atoms with Crippen molar-refractivity contribution in [3.05, 3.63) is 24.6 Å².